The van der Waals surface area contributed by atoms with E-state index in [-0.39, 0.29) is 24.4 Å². The Hall–Kier alpha value is -2.57. The molecule has 28 heavy (non-hydrogen) atoms. The monoisotopic (exact) mass is 398 g/mol. The van der Waals surface area contributed by atoms with Crippen LogP contribution in [0, 0.1) is 0 Å². The maximum absolute atomic E-state index is 13.2. The normalized spacial score (nSPS) is 18.4. The highest BCUT2D eigenvalue weighted by atomic mass is 35.5. The molecule has 2 aromatic rings. The van der Waals surface area contributed by atoms with Gasteiger partial charge in [0.1, 0.15) is 6.54 Å². The smallest absolute Gasteiger partial charge is 0.244 e. The van der Waals surface area contributed by atoms with Gasteiger partial charge in [-0.3, -0.25) is 19.4 Å². The Morgan fingerprint density at radius 3 is 2.57 bits per heavy atom. The fraction of sp³-hybridized carbons (Fsp3) is 0.333. The lowest BCUT2D eigenvalue weighted by Crippen LogP contribution is -2.56. The minimum Gasteiger partial charge on any atom is -0.369 e. The lowest BCUT2D eigenvalue weighted by molar-refractivity contribution is -0.125. The molecular weight excluding hydrogens is 376 g/mol. The zero-order chi connectivity index (χ0) is 19.7. The topological polar surface area (TPSA) is 55.9 Å². The second-order valence-electron chi connectivity index (χ2n) is 7.17. The molecule has 4 rings (SSSR count). The van der Waals surface area contributed by atoms with Crippen LogP contribution in [0.5, 0.6) is 0 Å². The molecule has 2 aromatic carbocycles. The van der Waals surface area contributed by atoms with Gasteiger partial charge in [0.05, 0.1) is 17.4 Å². The van der Waals surface area contributed by atoms with Gasteiger partial charge in [-0.25, -0.2) is 0 Å². The molecule has 0 radical (unpaired) electrons. The van der Waals surface area contributed by atoms with Crippen LogP contribution in [0.4, 0.5) is 17.1 Å². The molecule has 146 valence electrons. The van der Waals surface area contributed by atoms with Crippen molar-refractivity contribution in [2.45, 2.75) is 13.0 Å². The van der Waals surface area contributed by atoms with E-state index in [0.29, 0.717) is 5.69 Å². The summed E-state index contributed by atoms with van der Waals surface area (Å²) >= 11 is 6.10. The number of hydrogen-bond donors (Lipinski definition) is 1. The first-order valence-corrected chi connectivity index (χ1v) is 9.85. The summed E-state index contributed by atoms with van der Waals surface area (Å²) in [5.74, 6) is -0.205. The first-order chi connectivity index (χ1) is 13.5. The highest BCUT2D eigenvalue weighted by Crippen LogP contribution is 2.30. The molecule has 6 nitrogen and oxygen atoms in total. The van der Waals surface area contributed by atoms with E-state index in [0.717, 1.165) is 42.6 Å². The lowest BCUT2D eigenvalue weighted by Gasteiger charge is -2.40. The average Bonchev–Trinajstić information content (AvgIpc) is 2.72. The summed E-state index contributed by atoms with van der Waals surface area (Å²) in [7, 11) is 0. The fourth-order valence-corrected chi connectivity index (χ4v) is 4.04. The summed E-state index contributed by atoms with van der Waals surface area (Å²) in [5, 5.41) is 3.56. The van der Waals surface area contributed by atoms with Crippen LogP contribution in [0.3, 0.4) is 0 Å². The van der Waals surface area contributed by atoms with E-state index in [9.17, 15) is 9.59 Å². The standard InChI is InChI=1S/C21H23ClN4O2/c1-15(21(28)26-14-20(27)23-18-7-2-3-8-19(18)26)24-9-11-25(12-10-24)17-6-4-5-16(22)13-17/h2-8,13,15H,9-12,14H2,1H3,(H,23,27)/t15-/m0/s1. The first kappa shape index (κ1) is 18.8. The van der Waals surface area contributed by atoms with E-state index in [1.807, 2.05) is 49.4 Å². The number of piperazine rings is 1. The van der Waals surface area contributed by atoms with Crippen LogP contribution in [0.15, 0.2) is 48.5 Å². The van der Waals surface area contributed by atoms with E-state index in [1.165, 1.54) is 0 Å². The number of rotatable bonds is 3. The van der Waals surface area contributed by atoms with Crippen molar-refractivity contribution in [3.05, 3.63) is 53.6 Å². The number of para-hydroxylation sites is 2. The van der Waals surface area contributed by atoms with Gasteiger partial charge in [-0.05, 0) is 37.3 Å². The summed E-state index contributed by atoms with van der Waals surface area (Å²) in [6, 6.07) is 15.0. The molecule has 0 aliphatic carbocycles. The molecule has 0 aromatic heterocycles. The van der Waals surface area contributed by atoms with Crippen LogP contribution in [-0.4, -0.2) is 55.5 Å². The number of carbonyl (C=O) groups is 2. The Morgan fingerprint density at radius 2 is 1.82 bits per heavy atom. The Morgan fingerprint density at radius 1 is 1.07 bits per heavy atom. The second kappa shape index (κ2) is 7.81. The number of hydrogen-bond acceptors (Lipinski definition) is 4. The van der Waals surface area contributed by atoms with Crippen LogP contribution in [-0.2, 0) is 9.59 Å². The number of amides is 2. The number of halogens is 1. The third-order valence-corrected chi connectivity index (χ3v) is 5.66. The summed E-state index contributed by atoms with van der Waals surface area (Å²) in [5.41, 5.74) is 2.55. The molecule has 2 aliphatic heterocycles. The second-order valence-corrected chi connectivity index (χ2v) is 7.61. The molecule has 2 amide bonds. The third-order valence-electron chi connectivity index (χ3n) is 5.43. The van der Waals surface area contributed by atoms with Crippen LogP contribution in [0.2, 0.25) is 5.02 Å². The van der Waals surface area contributed by atoms with Gasteiger partial charge in [0.25, 0.3) is 0 Å². The van der Waals surface area contributed by atoms with Gasteiger partial charge in [0.2, 0.25) is 11.8 Å². The van der Waals surface area contributed by atoms with Gasteiger partial charge in [-0.15, -0.1) is 0 Å². The predicted molar refractivity (Wildman–Crippen MR) is 112 cm³/mol. The molecule has 2 aliphatic rings. The fourth-order valence-electron chi connectivity index (χ4n) is 3.85. The molecule has 2 heterocycles. The average molecular weight is 399 g/mol. The van der Waals surface area contributed by atoms with Gasteiger partial charge in [0.15, 0.2) is 0 Å². The van der Waals surface area contributed by atoms with Gasteiger partial charge < -0.3 is 10.2 Å². The summed E-state index contributed by atoms with van der Waals surface area (Å²) < 4.78 is 0. The minimum atomic E-state index is -0.291. The van der Waals surface area contributed by atoms with Crippen molar-refractivity contribution in [1.82, 2.24) is 4.90 Å². The van der Waals surface area contributed by atoms with E-state index in [1.54, 1.807) is 4.90 Å². The van der Waals surface area contributed by atoms with Crippen molar-refractivity contribution in [1.29, 1.82) is 0 Å². The molecule has 1 fully saturated rings. The number of carbonyl (C=O) groups excluding carboxylic acids is 2. The molecule has 7 heteroatoms. The highest BCUT2D eigenvalue weighted by molar-refractivity contribution is 6.30. The first-order valence-electron chi connectivity index (χ1n) is 9.48. The Labute approximate surface area is 169 Å². The largest absolute Gasteiger partial charge is 0.369 e. The van der Waals surface area contributed by atoms with Crippen molar-refractivity contribution < 1.29 is 9.59 Å². The molecule has 0 saturated carbocycles. The zero-order valence-corrected chi connectivity index (χ0v) is 16.5. The Bertz CT molecular complexity index is 895. The van der Waals surface area contributed by atoms with Crippen molar-refractivity contribution in [2.24, 2.45) is 0 Å². The molecule has 0 bridgehead atoms. The summed E-state index contributed by atoms with van der Waals surface area (Å²) in [6.45, 7) is 5.20. The van der Waals surface area contributed by atoms with E-state index >= 15 is 0 Å². The van der Waals surface area contributed by atoms with Gasteiger partial charge in [-0.2, -0.15) is 0 Å². The van der Waals surface area contributed by atoms with E-state index < -0.39 is 0 Å². The number of fused-ring (bicyclic) bond motifs is 1. The number of nitrogens with one attached hydrogen (secondary N) is 1. The molecule has 0 unspecified atom stereocenters. The van der Waals surface area contributed by atoms with Crippen molar-refractivity contribution in [3.63, 3.8) is 0 Å². The van der Waals surface area contributed by atoms with Crippen molar-refractivity contribution in [2.75, 3.05) is 47.8 Å². The number of benzene rings is 2. The molecular formula is C21H23ClN4O2. The maximum atomic E-state index is 13.2. The SMILES string of the molecule is C[C@@H](C(=O)N1CC(=O)Nc2ccccc21)N1CCN(c2cccc(Cl)c2)CC1. The molecule has 1 saturated heterocycles. The van der Waals surface area contributed by atoms with Crippen molar-refractivity contribution in [3.8, 4) is 0 Å². The van der Waals surface area contributed by atoms with Crippen LogP contribution < -0.4 is 15.1 Å². The minimum absolute atomic E-state index is 0.0431. The van der Waals surface area contributed by atoms with Gasteiger partial charge >= 0.3 is 0 Å². The summed E-state index contributed by atoms with van der Waals surface area (Å²) in [4.78, 5) is 31.3. The zero-order valence-electron chi connectivity index (χ0n) is 15.8. The molecule has 1 atom stereocenters. The van der Waals surface area contributed by atoms with Crippen molar-refractivity contribution >= 4 is 40.5 Å². The van der Waals surface area contributed by atoms with Crippen LogP contribution in [0.1, 0.15) is 6.92 Å². The predicted octanol–water partition coefficient (Wildman–Crippen LogP) is 2.84. The quantitative estimate of drug-likeness (QED) is 0.863. The van der Waals surface area contributed by atoms with E-state index in [2.05, 4.69) is 21.2 Å². The van der Waals surface area contributed by atoms with Crippen LogP contribution in [0.25, 0.3) is 0 Å². The van der Waals surface area contributed by atoms with Crippen LogP contribution >= 0.6 is 11.6 Å². The number of nitrogens with zero attached hydrogens (tertiary/aromatic N) is 3. The summed E-state index contributed by atoms with van der Waals surface area (Å²) in [6.07, 6.45) is 0. The van der Waals surface area contributed by atoms with Gasteiger partial charge in [-0.1, -0.05) is 29.8 Å². The Kier molecular flexibility index (Phi) is 5.24. The number of anilines is 3. The lowest BCUT2D eigenvalue weighted by atomic mass is 10.1. The third kappa shape index (κ3) is 3.70. The van der Waals surface area contributed by atoms with Gasteiger partial charge in [0, 0.05) is 36.9 Å². The van der Waals surface area contributed by atoms with E-state index in [4.69, 9.17) is 11.6 Å². The molecule has 1 N–H and O–H groups in total. The molecule has 0 spiro atoms. The maximum Gasteiger partial charge on any atom is 0.244 e. The highest BCUT2D eigenvalue weighted by Gasteiger charge is 2.33. The Balaban J connectivity index is 1.43.